The summed E-state index contributed by atoms with van der Waals surface area (Å²) in [6.07, 6.45) is 4.03. The van der Waals surface area contributed by atoms with E-state index in [1.165, 1.54) is 13.2 Å². The molecule has 3 aromatic rings. The highest BCUT2D eigenvalue weighted by Crippen LogP contribution is 2.30. The van der Waals surface area contributed by atoms with Crippen molar-refractivity contribution in [2.45, 2.75) is 43.5 Å². The highest BCUT2D eigenvalue weighted by Gasteiger charge is 2.35. The Kier molecular flexibility index (Phi) is 10.5. The number of anilines is 1. The summed E-state index contributed by atoms with van der Waals surface area (Å²) >= 11 is 6.12. The normalized spacial score (nSPS) is 15.6. The number of hydrogen-bond acceptors (Lipinski definition) is 7. The number of rotatable bonds is 13. The zero-order valence-electron chi connectivity index (χ0n) is 23.8. The third kappa shape index (κ3) is 8.13. The molecule has 10 heteroatoms. The molecule has 0 spiro atoms. The van der Waals surface area contributed by atoms with Gasteiger partial charge >= 0.3 is 0 Å². The van der Waals surface area contributed by atoms with Gasteiger partial charge in [0.1, 0.15) is 5.75 Å². The number of fused-ring (bicyclic) bond motifs is 1. The summed E-state index contributed by atoms with van der Waals surface area (Å²) in [5, 5.41) is 5.35. The topological polar surface area (TPSA) is 111 Å². The first-order chi connectivity index (χ1) is 19.6. The maximum Gasteiger partial charge on any atom is 0.255 e. The van der Waals surface area contributed by atoms with E-state index in [2.05, 4.69) is 10.2 Å². The molecule has 1 aliphatic heterocycles. The van der Waals surface area contributed by atoms with E-state index >= 15 is 0 Å². The Hall–Kier alpha value is -2.85. The van der Waals surface area contributed by atoms with Crippen molar-refractivity contribution in [1.29, 1.82) is 0 Å². The van der Waals surface area contributed by atoms with Crippen LogP contribution in [0.25, 0.3) is 10.8 Å². The zero-order valence-corrected chi connectivity index (χ0v) is 25.4. The predicted octanol–water partition coefficient (Wildman–Crippen LogP) is 5.08. The number of ether oxygens (including phenoxy) is 2. The molecule has 0 unspecified atom stereocenters. The lowest BCUT2D eigenvalue weighted by Gasteiger charge is -2.41. The second kappa shape index (κ2) is 13.9. The maximum absolute atomic E-state index is 12.9. The van der Waals surface area contributed by atoms with Crippen LogP contribution in [0.15, 0.2) is 54.6 Å². The van der Waals surface area contributed by atoms with Crippen LogP contribution in [0.4, 0.5) is 5.69 Å². The number of nitrogen functional groups attached to an aromatic ring is 1. The Morgan fingerprint density at radius 1 is 1.05 bits per heavy atom. The summed E-state index contributed by atoms with van der Waals surface area (Å²) in [7, 11) is -0.0139. The number of benzene rings is 3. The first kappa shape index (κ1) is 31.1. The van der Waals surface area contributed by atoms with Gasteiger partial charge in [-0.15, -0.1) is 0 Å². The number of carbonyl (C=O) groups is 1. The van der Waals surface area contributed by atoms with Crippen LogP contribution in [-0.2, 0) is 20.3 Å². The minimum Gasteiger partial charge on any atom is -0.496 e. The fourth-order valence-corrected chi connectivity index (χ4v) is 7.13. The number of methoxy groups -OCH3 is 2. The first-order valence-electron chi connectivity index (χ1n) is 14.0. The molecule has 0 saturated carbocycles. The van der Waals surface area contributed by atoms with E-state index in [0.717, 1.165) is 61.7 Å². The summed E-state index contributed by atoms with van der Waals surface area (Å²) in [6, 6.07) is 16.8. The van der Waals surface area contributed by atoms with Crippen LogP contribution in [0.5, 0.6) is 5.75 Å². The fourth-order valence-electron chi connectivity index (χ4n) is 5.45. The van der Waals surface area contributed by atoms with Crippen LogP contribution in [0.3, 0.4) is 0 Å². The molecule has 0 aliphatic carbocycles. The third-order valence-electron chi connectivity index (χ3n) is 8.02. The number of sulfone groups is 1. The number of likely N-dealkylation sites (tertiary alicyclic amines) is 1. The van der Waals surface area contributed by atoms with Crippen molar-refractivity contribution in [1.82, 2.24) is 10.2 Å². The van der Waals surface area contributed by atoms with Crippen molar-refractivity contribution in [3.8, 4) is 5.75 Å². The first-order valence-corrected chi connectivity index (χ1v) is 16.2. The Morgan fingerprint density at radius 3 is 2.51 bits per heavy atom. The SMILES string of the molecule is COc1cc(N)c(Cl)cc1C(=O)NCC1(OC)CCN(CCCCCS(=O)(=O)Cc2cccc3ccccc23)CC1. The molecule has 1 aliphatic rings. The Morgan fingerprint density at radius 2 is 1.78 bits per heavy atom. The van der Waals surface area contributed by atoms with Crippen molar-refractivity contribution in [2.24, 2.45) is 0 Å². The smallest absolute Gasteiger partial charge is 0.255 e. The maximum atomic E-state index is 12.9. The van der Waals surface area contributed by atoms with E-state index in [9.17, 15) is 13.2 Å². The van der Waals surface area contributed by atoms with Gasteiger partial charge in [0.25, 0.3) is 5.91 Å². The summed E-state index contributed by atoms with van der Waals surface area (Å²) < 4.78 is 36.8. The van der Waals surface area contributed by atoms with E-state index in [0.29, 0.717) is 35.0 Å². The monoisotopic (exact) mass is 601 g/mol. The molecule has 8 nitrogen and oxygen atoms in total. The lowest BCUT2D eigenvalue weighted by Crippen LogP contribution is -2.52. The van der Waals surface area contributed by atoms with Crippen LogP contribution in [0.2, 0.25) is 5.02 Å². The average Bonchev–Trinajstić information content (AvgIpc) is 2.97. The Bertz CT molecular complexity index is 1450. The van der Waals surface area contributed by atoms with Gasteiger partial charge in [0.15, 0.2) is 9.84 Å². The van der Waals surface area contributed by atoms with Gasteiger partial charge in [-0.3, -0.25) is 4.79 Å². The van der Waals surface area contributed by atoms with E-state index in [1.54, 1.807) is 13.2 Å². The van der Waals surface area contributed by atoms with Crippen molar-refractivity contribution >= 4 is 43.8 Å². The average molecular weight is 602 g/mol. The van der Waals surface area contributed by atoms with E-state index in [1.807, 2.05) is 42.5 Å². The van der Waals surface area contributed by atoms with Gasteiger partial charge in [0.2, 0.25) is 0 Å². The highest BCUT2D eigenvalue weighted by molar-refractivity contribution is 7.90. The van der Waals surface area contributed by atoms with E-state index in [-0.39, 0.29) is 17.4 Å². The van der Waals surface area contributed by atoms with Crippen molar-refractivity contribution in [3.63, 3.8) is 0 Å². The minimum absolute atomic E-state index is 0.0776. The number of nitrogens with zero attached hydrogens (tertiary/aromatic N) is 1. The van der Waals surface area contributed by atoms with Gasteiger partial charge in [-0.2, -0.15) is 0 Å². The predicted molar refractivity (Wildman–Crippen MR) is 165 cm³/mol. The van der Waals surface area contributed by atoms with E-state index < -0.39 is 15.4 Å². The number of nitrogens with one attached hydrogen (secondary N) is 1. The van der Waals surface area contributed by atoms with Gasteiger partial charge < -0.3 is 25.4 Å². The van der Waals surface area contributed by atoms with Crippen LogP contribution in [0, 0.1) is 0 Å². The number of piperidine rings is 1. The molecule has 0 aromatic heterocycles. The number of amides is 1. The molecule has 1 amide bonds. The molecule has 3 N–H and O–H groups in total. The molecule has 4 rings (SSSR count). The molecular formula is C31H40ClN3O5S. The second-order valence-electron chi connectivity index (χ2n) is 10.8. The Labute approximate surface area is 248 Å². The van der Waals surface area contributed by atoms with Crippen molar-refractivity contribution in [3.05, 3.63) is 70.7 Å². The molecule has 222 valence electrons. The van der Waals surface area contributed by atoms with E-state index in [4.69, 9.17) is 26.8 Å². The second-order valence-corrected chi connectivity index (χ2v) is 13.4. The molecule has 3 aromatic carbocycles. The molecular weight excluding hydrogens is 562 g/mol. The number of nitrogens with two attached hydrogens (primary N) is 1. The number of halogens is 1. The van der Waals surface area contributed by atoms with Gasteiger partial charge in [-0.05, 0) is 54.6 Å². The largest absolute Gasteiger partial charge is 0.496 e. The van der Waals surface area contributed by atoms with Gasteiger partial charge in [0.05, 0.1) is 40.5 Å². The van der Waals surface area contributed by atoms with Gasteiger partial charge in [-0.25, -0.2) is 8.42 Å². The molecule has 0 bridgehead atoms. The van der Waals surface area contributed by atoms with Crippen LogP contribution >= 0.6 is 11.6 Å². The third-order valence-corrected chi connectivity index (χ3v) is 10.0. The van der Waals surface area contributed by atoms with Gasteiger partial charge in [0, 0.05) is 32.8 Å². The minimum atomic E-state index is -3.18. The standard InChI is InChI=1S/C31H40ClN3O5S/c1-39-29-20-28(33)27(32)19-26(29)30(36)34-22-31(40-2)13-16-35(17-14-31)15-6-3-7-18-41(37,38)21-24-11-8-10-23-9-4-5-12-25(23)24/h4-5,8-12,19-20H,3,6-7,13-18,21-22,33H2,1-2H3,(H,34,36). The van der Waals surface area contributed by atoms with Crippen LogP contribution < -0.4 is 15.8 Å². The molecule has 0 atom stereocenters. The van der Waals surface area contributed by atoms with Crippen molar-refractivity contribution < 1.29 is 22.7 Å². The van der Waals surface area contributed by atoms with Crippen LogP contribution in [0.1, 0.15) is 48.0 Å². The summed E-state index contributed by atoms with van der Waals surface area (Å²) in [6.45, 7) is 2.98. The lowest BCUT2D eigenvalue weighted by molar-refractivity contribution is -0.0542. The number of carbonyl (C=O) groups excluding carboxylic acids is 1. The molecule has 1 heterocycles. The van der Waals surface area contributed by atoms with Crippen molar-refractivity contribution in [2.75, 3.05) is 51.9 Å². The molecule has 1 saturated heterocycles. The summed E-state index contributed by atoms with van der Waals surface area (Å²) in [4.78, 5) is 15.3. The Balaban J connectivity index is 1.18. The highest BCUT2D eigenvalue weighted by atomic mass is 35.5. The van der Waals surface area contributed by atoms with Crippen LogP contribution in [-0.4, -0.2) is 71.0 Å². The quantitative estimate of drug-likeness (QED) is 0.208. The fraction of sp³-hybridized carbons (Fsp3) is 0.452. The summed E-state index contributed by atoms with van der Waals surface area (Å²) in [5.41, 5.74) is 6.93. The lowest BCUT2D eigenvalue weighted by atomic mass is 9.90. The molecule has 41 heavy (non-hydrogen) atoms. The molecule has 1 fully saturated rings. The number of unbranched alkanes of at least 4 members (excludes halogenated alkanes) is 2. The van der Waals surface area contributed by atoms with Gasteiger partial charge in [-0.1, -0.05) is 60.5 Å². The zero-order chi connectivity index (χ0) is 29.5. The number of hydrogen-bond donors (Lipinski definition) is 2. The summed E-state index contributed by atoms with van der Waals surface area (Å²) in [5.74, 6) is 0.353. The molecule has 0 radical (unpaired) electrons.